The number of hydrogen-bond acceptors (Lipinski definition) is 3. The molecule has 0 unspecified atom stereocenters. The van der Waals surface area contributed by atoms with Crippen molar-refractivity contribution in [3.05, 3.63) is 0 Å². The molecule has 5 fully saturated rings. The Bertz CT molecular complexity index is 864. The lowest BCUT2D eigenvalue weighted by Crippen LogP contribution is -2.69. The summed E-state index contributed by atoms with van der Waals surface area (Å²) in [6.07, 6.45) is 9.35. The predicted octanol–water partition coefficient (Wildman–Crippen LogP) is 6.28. The van der Waals surface area contributed by atoms with E-state index in [-0.39, 0.29) is 39.6 Å². The molecule has 5 aliphatic carbocycles. The molecule has 0 aromatic rings. The van der Waals surface area contributed by atoms with Crippen LogP contribution in [0.15, 0.2) is 0 Å². The second kappa shape index (κ2) is 7.24. The van der Waals surface area contributed by atoms with Gasteiger partial charge in [0.25, 0.3) is 0 Å². The summed E-state index contributed by atoms with van der Waals surface area (Å²) >= 11 is 0. The highest BCUT2D eigenvalue weighted by Gasteiger charge is 2.72. The van der Waals surface area contributed by atoms with Crippen LogP contribution in [0.3, 0.4) is 0 Å². The minimum atomic E-state index is -0.785. The first-order valence-corrected chi connectivity index (χ1v) is 14.2. The highest BCUT2D eigenvalue weighted by molar-refractivity contribution is 5.76. The van der Waals surface area contributed by atoms with Crippen LogP contribution >= 0.6 is 0 Å². The first kappa shape index (κ1) is 25.1. The summed E-state index contributed by atoms with van der Waals surface area (Å²) in [7, 11) is 0. The molecule has 0 aliphatic heterocycles. The SMILES string of the molecule is C[C@H]1[C@@H]2[C@@H]3CC[C@@H]4[C@@]5(C)CC[C@H](O)C(C)(C)[C@H]5CC[C@@]4(C)[C@]3(C)CC[C@@]2(C(=O)O)CC[C@@]1(C)O. The molecule has 5 rings (SSSR count). The van der Waals surface area contributed by atoms with Gasteiger partial charge in [-0.25, -0.2) is 0 Å². The number of hydrogen-bond donors (Lipinski definition) is 3. The molecule has 0 amide bonds. The van der Waals surface area contributed by atoms with Crippen LogP contribution in [-0.4, -0.2) is 33.0 Å². The van der Waals surface area contributed by atoms with Crippen molar-refractivity contribution in [1.82, 2.24) is 0 Å². The number of carboxylic acids is 1. The van der Waals surface area contributed by atoms with Crippen LogP contribution in [0.25, 0.3) is 0 Å². The molecular formula is C30H50O4. The van der Waals surface area contributed by atoms with Crippen LogP contribution in [0.5, 0.6) is 0 Å². The summed E-state index contributed by atoms with van der Waals surface area (Å²) in [6, 6.07) is 0. The van der Waals surface area contributed by atoms with E-state index in [9.17, 15) is 20.1 Å². The maximum atomic E-state index is 12.8. The third kappa shape index (κ3) is 2.82. The molecule has 0 spiro atoms. The molecule has 5 saturated carbocycles. The quantitative estimate of drug-likeness (QED) is 0.418. The van der Waals surface area contributed by atoms with Crippen LogP contribution < -0.4 is 0 Å². The fourth-order valence-electron chi connectivity index (χ4n) is 11.6. The molecule has 0 heterocycles. The number of aliphatic hydroxyl groups is 2. The Balaban J connectivity index is 1.57. The fourth-order valence-corrected chi connectivity index (χ4v) is 11.6. The Morgan fingerprint density at radius 2 is 1.41 bits per heavy atom. The lowest BCUT2D eigenvalue weighted by molar-refractivity contribution is -0.265. The molecule has 11 atom stereocenters. The molecule has 0 saturated heterocycles. The summed E-state index contributed by atoms with van der Waals surface area (Å²) in [5, 5.41) is 32.8. The number of carbonyl (C=O) groups is 1. The van der Waals surface area contributed by atoms with Gasteiger partial charge in [0.2, 0.25) is 0 Å². The zero-order valence-electron chi connectivity index (χ0n) is 22.8. The smallest absolute Gasteiger partial charge is 0.309 e. The molecule has 0 aromatic heterocycles. The van der Waals surface area contributed by atoms with E-state index < -0.39 is 17.0 Å². The third-order valence-electron chi connectivity index (χ3n) is 14.1. The number of fused-ring (bicyclic) bond motifs is 7. The topological polar surface area (TPSA) is 77.8 Å². The van der Waals surface area contributed by atoms with Crippen LogP contribution in [0.1, 0.15) is 113 Å². The van der Waals surface area contributed by atoms with Crippen molar-refractivity contribution in [2.24, 2.45) is 56.7 Å². The van der Waals surface area contributed by atoms with Gasteiger partial charge in [-0.05, 0) is 122 Å². The van der Waals surface area contributed by atoms with Gasteiger partial charge >= 0.3 is 5.97 Å². The number of aliphatic carboxylic acids is 1. The second-order valence-corrected chi connectivity index (χ2v) is 15.2. The molecule has 34 heavy (non-hydrogen) atoms. The average Bonchev–Trinajstić information content (AvgIpc) is 2.74. The molecule has 0 aromatic carbocycles. The zero-order chi connectivity index (χ0) is 25.1. The molecule has 194 valence electrons. The molecule has 0 radical (unpaired) electrons. The van der Waals surface area contributed by atoms with Crippen molar-refractivity contribution >= 4 is 5.97 Å². The Labute approximate surface area is 207 Å². The van der Waals surface area contributed by atoms with E-state index in [0.29, 0.717) is 30.6 Å². The van der Waals surface area contributed by atoms with Crippen molar-refractivity contribution in [3.8, 4) is 0 Å². The zero-order valence-corrected chi connectivity index (χ0v) is 22.8. The van der Waals surface area contributed by atoms with Gasteiger partial charge in [0.05, 0.1) is 17.1 Å². The maximum Gasteiger partial charge on any atom is 0.309 e. The summed E-state index contributed by atoms with van der Waals surface area (Å²) in [5.41, 5.74) is -1.01. The van der Waals surface area contributed by atoms with Gasteiger partial charge < -0.3 is 15.3 Å². The lowest BCUT2D eigenvalue weighted by atomic mass is 9.31. The first-order chi connectivity index (χ1) is 15.6. The van der Waals surface area contributed by atoms with Gasteiger partial charge in [0.1, 0.15) is 0 Å². The van der Waals surface area contributed by atoms with Crippen molar-refractivity contribution in [1.29, 1.82) is 0 Å². The predicted molar refractivity (Wildman–Crippen MR) is 134 cm³/mol. The standard InChI is InChI=1S/C30H50O4/c1-18-23-19-8-9-21-26(4)12-11-22(31)25(2,3)20(26)10-13-28(21,6)27(19,5)14-16-30(23,24(32)33)17-15-29(18,7)34/h18-23,31,34H,8-17H2,1-7H3,(H,32,33)/t18-,19-,20+,21+,22-,23+,26-,27+,28+,29+,30+/m0/s1. The summed E-state index contributed by atoms with van der Waals surface area (Å²) < 4.78 is 0. The molecule has 4 heteroatoms. The van der Waals surface area contributed by atoms with Gasteiger partial charge in [-0.2, -0.15) is 0 Å². The monoisotopic (exact) mass is 474 g/mol. The maximum absolute atomic E-state index is 12.8. The molecule has 4 nitrogen and oxygen atoms in total. The Morgan fingerprint density at radius 3 is 2.06 bits per heavy atom. The van der Waals surface area contributed by atoms with Crippen molar-refractivity contribution in [3.63, 3.8) is 0 Å². The Morgan fingerprint density at radius 1 is 0.765 bits per heavy atom. The van der Waals surface area contributed by atoms with Crippen LogP contribution in [0.2, 0.25) is 0 Å². The van der Waals surface area contributed by atoms with Crippen LogP contribution in [0, 0.1) is 56.7 Å². The summed E-state index contributed by atoms with van der Waals surface area (Å²) in [4.78, 5) is 12.8. The van der Waals surface area contributed by atoms with E-state index in [1.807, 2.05) is 6.92 Å². The highest BCUT2D eigenvalue weighted by Crippen LogP contribution is 2.77. The van der Waals surface area contributed by atoms with Gasteiger partial charge in [-0.1, -0.05) is 41.5 Å². The van der Waals surface area contributed by atoms with Gasteiger partial charge in [0, 0.05) is 0 Å². The lowest BCUT2D eigenvalue weighted by Gasteiger charge is -2.73. The van der Waals surface area contributed by atoms with Crippen LogP contribution in [0.4, 0.5) is 0 Å². The van der Waals surface area contributed by atoms with E-state index in [4.69, 9.17) is 0 Å². The van der Waals surface area contributed by atoms with E-state index in [1.54, 1.807) is 0 Å². The number of aliphatic hydroxyl groups excluding tert-OH is 1. The molecule has 3 N–H and O–H groups in total. The minimum Gasteiger partial charge on any atom is -0.481 e. The minimum absolute atomic E-state index is 0.00203. The average molecular weight is 475 g/mol. The third-order valence-corrected chi connectivity index (χ3v) is 14.1. The largest absolute Gasteiger partial charge is 0.481 e. The Hall–Kier alpha value is -0.610. The van der Waals surface area contributed by atoms with Gasteiger partial charge in [-0.3, -0.25) is 4.79 Å². The molecular weight excluding hydrogens is 424 g/mol. The van der Waals surface area contributed by atoms with Crippen molar-refractivity contribution in [2.75, 3.05) is 0 Å². The van der Waals surface area contributed by atoms with Crippen molar-refractivity contribution < 1.29 is 20.1 Å². The van der Waals surface area contributed by atoms with E-state index in [1.165, 1.54) is 6.42 Å². The van der Waals surface area contributed by atoms with Gasteiger partial charge in [0.15, 0.2) is 0 Å². The number of carboxylic acid groups (broad SMARTS) is 1. The molecule has 0 bridgehead atoms. The van der Waals surface area contributed by atoms with Crippen LogP contribution in [-0.2, 0) is 4.79 Å². The second-order valence-electron chi connectivity index (χ2n) is 15.2. The number of rotatable bonds is 1. The molecule has 5 aliphatic rings. The van der Waals surface area contributed by atoms with E-state index >= 15 is 0 Å². The fraction of sp³-hybridized carbons (Fsp3) is 0.967. The Kier molecular flexibility index (Phi) is 5.34. The van der Waals surface area contributed by atoms with Gasteiger partial charge in [-0.15, -0.1) is 0 Å². The normalized spacial score (nSPS) is 58.6. The van der Waals surface area contributed by atoms with Crippen molar-refractivity contribution in [2.45, 2.75) is 124 Å². The summed E-state index contributed by atoms with van der Waals surface area (Å²) in [5.74, 6) is 0.926. The first-order valence-electron chi connectivity index (χ1n) is 14.2. The highest BCUT2D eigenvalue weighted by atomic mass is 16.4. The summed E-state index contributed by atoms with van der Waals surface area (Å²) in [6.45, 7) is 16.3. The van der Waals surface area contributed by atoms with E-state index in [0.717, 1.165) is 44.9 Å². The van der Waals surface area contributed by atoms with E-state index in [2.05, 4.69) is 41.5 Å².